The van der Waals surface area contributed by atoms with Crippen molar-refractivity contribution in [3.05, 3.63) is 17.5 Å². The van der Waals surface area contributed by atoms with Crippen LogP contribution in [0.3, 0.4) is 0 Å². The Hall–Kier alpha value is -1.78. The number of aromatic nitrogens is 3. The molecule has 0 saturated carbocycles. The van der Waals surface area contributed by atoms with Crippen LogP contribution in [-0.4, -0.2) is 25.4 Å². The highest BCUT2D eigenvalue weighted by atomic mass is 16.4. The zero-order chi connectivity index (χ0) is 10.5. The molecule has 0 spiro atoms. The van der Waals surface area contributed by atoms with Crippen molar-refractivity contribution < 1.29 is 9.90 Å². The number of aryl methyl sites for hydroxylation is 3. The Bertz CT molecular complexity index is 522. The van der Waals surface area contributed by atoms with E-state index < -0.39 is 5.97 Å². The molecule has 0 bridgehead atoms. The van der Waals surface area contributed by atoms with E-state index in [1.54, 1.807) is 29.4 Å². The first kappa shape index (κ1) is 8.80. The summed E-state index contributed by atoms with van der Waals surface area (Å²) < 4.78 is 3.34. The average Bonchev–Trinajstić information content (AvgIpc) is 2.54. The van der Waals surface area contributed by atoms with Crippen molar-refractivity contribution in [1.82, 2.24) is 14.3 Å². The molecule has 5 nitrogen and oxygen atoms in total. The summed E-state index contributed by atoms with van der Waals surface area (Å²) in [5.74, 6) is -0.914. The summed E-state index contributed by atoms with van der Waals surface area (Å²) in [5, 5.41) is 13.1. The molecule has 0 aliphatic heterocycles. The van der Waals surface area contributed by atoms with Gasteiger partial charge in [0, 0.05) is 14.1 Å². The Morgan fingerprint density at radius 2 is 2.14 bits per heavy atom. The van der Waals surface area contributed by atoms with Gasteiger partial charge in [-0.3, -0.25) is 4.68 Å². The first-order valence-electron chi connectivity index (χ1n) is 4.24. The predicted molar refractivity (Wildman–Crippen MR) is 51.4 cm³/mol. The third kappa shape index (κ3) is 0.951. The third-order valence-corrected chi connectivity index (χ3v) is 2.42. The number of hydrogen-bond donors (Lipinski definition) is 1. The van der Waals surface area contributed by atoms with Gasteiger partial charge in [0.05, 0.1) is 16.7 Å². The first-order chi connectivity index (χ1) is 6.52. The molecular weight excluding hydrogens is 182 g/mol. The number of fused-ring (bicyclic) bond motifs is 1. The van der Waals surface area contributed by atoms with Gasteiger partial charge >= 0.3 is 5.97 Å². The molecule has 0 aliphatic carbocycles. The Morgan fingerprint density at radius 1 is 1.50 bits per heavy atom. The van der Waals surface area contributed by atoms with Crippen LogP contribution in [0.1, 0.15) is 16.2 Å². The van der Waals surface area contributed by atoms with Crippen LogP contribution in [0.25, 0.3) is 11.0 Å². The van der Waals surface area contributed by atoms with E-state index in [0.29, 0.717) is 0 Å². The minimum absolute atomic E-state index is 0.288. The summed E-state index contributed by atoms with van der Waals surface area (Å²) in [6.07, 6.45) is 0. The molecule has 14 heavy (non-hydrogen) atoms. The van der Waals surface area contributed by atoms with Crippen molar-refractivity contribution in [2.75, 3.05) is 0 Å². The van der Waals surface area contributed by atoms with Crippen LogP contribution in [0.4, 0.5) is 0 Å². The maximum atomic E-state index is 10.9. The highest BCUT2D eigenvalue weighted by Crippen LogP contribution is 2.20. The lowest BCUT2D eigenvalue weighted by Gasteiger charge is -1.97. The molecule has 0 amide bonds. The van der Waals surface area contributed by atoms with Crippen molar-refractivity contribution >= 4 is 17.0 Å². The van der Waals surface area contributed by atoms with Gasteiger partial charge in [-0.05, 0) is 13.0 Å². The van der Waals surface area contributed by atoms with Gasteiger partial charge in [-0.1, -0.05) is 0 Å². The molecule has 2 aromatic heterocycles. The summed E-state index contributed by atoms with van der Waals surface area (Å²) in [6.45, 7) is 1.87. The van der Waals surface area contributed by atoms with Gasteiger partial charge in [0.1, 0.15) is 5.69 Å². The summed E-state index contributed by atoms with van der Waals surface area (Å²) in [7, 11) is 3.54. The zero-order valence-electron chi connectivity index (χ0n) is 8.27. The molecule has 0 aliphatic rings. The van der Waals surface area contributed by atoms with Crippen LogP contribution in [0.5, 0.6) is 0 Å². The van der Waals surface area contributed by atoms with Crippen LogP contribution in [0.15, 0.2) is 6.07 Å². The highest BCUT2D eigenvalue weighted by molar-refractivity contribution is 5.94. The van der Waals surface area contributed by atoms with Crippen LogP contribution in [0.2, 0.25) is 0 Å². The molecule has 2 aromatic rings. The number of hydrogen-bond acceptors (Lipinski definition) is 2. The number of carboxylic acids is 1. The summed E-state index contributed by atoms with van der Waals surface area (Å²) >= 11 is 0. The Labute approximate surface area is 80.6 Å². The topological polar surface area (TPSA) is 60.1 Å². The molecule has 2 heterocycles. The first-order valence-corrected chi connectivity index (χ1v) is 4.24. The molecule has 0 saturated heterocycles. The molecule has 0 radical (unpaired) electrons. The maximum Gasteiger partial charge on any atom is 0.352 e. The second-order valence-electron chi connectivity index (χ2n) is 3.34. The lowest BCUT2D eigenvalue weighted by Crippen LogP contribution is -2.04. The van der Waals surface area contributed by atoms with Crippen LogP contribution >= 0.6 is 0 Å². The SMILES string of the molecule is Cc1nn(C)c2cc(C(=O)O)n(C)c12. The summed E-state index contributed by atoms with van der Waals surface area (Å²) in [5.41, 5.74) is 2.86. The van der Waals surface area contributed by atoms with Gasteiger partial charge in [-0.15, -0.1) is 0 Å². The van der Waals surface area contributed by atoms with Crippen molar-refractivity contribution in [1.29, 1.82) is 0 Å². The van der Waals surface area contributed by atoms with Crippen molar-refractivity contribution in [3.63, 3.8) is 0 Å². The van der Waals surface area contributed by atoms with E-state index in [1.807, 2.05) is 6.92 Å². The fourth-order valence-corrected chi connectivity index (χ4v) is 1.79. The van der Waals surface area contributed by atoms with Crippen LogP contribution in [0, 0.1) is 6.92 Å². The van der Waals surface area contributed by atoms with Gasteiger partial charge in [-0.25, -0.2) is 4.79 Å². The lowest BCUT2D eigenvalue weighted by molar-refractivity contribution is 0.0687. The summed E-state index contributed by atoms with van der Waals surface area (Å²) in [4.78, 5) is 10.9. The van der Waals surface area contributed by atoms with E-state index in [9.17, 15) is 4.79 Å². The largest absolute Gasteiger partial charge is 0.477 e. The molecule has 0 aromatic carbocycles. The fourth-order valence-electron chi connectivity index (χ4n) is 1.79. The molecule has 74 valence electrons. The van der Waals surface area contributed by atoms with E-state index in [0.717, 1.165) is 16.7 Å². The van der Waals surface area contributed by atoms with E-state index in [4.69, 9.17) is 5.11 Å². The third-order valence-electron chi connectivity index (χ3n) is 2.42. The molecule has 2 rings (SSSR count). The van der Waals surface area contributed by atoms with Gasteiger partial charge in [0.25, 0.3) is 0 Å². The Balaban J connectivity index is 2.87. The maximum absolute atomic E-state index is 10.9. The van der Waals surface area contributed by atoms with E-state index >= 15 is 0 Å². The fraction of sp³-hybridized carbons (Fsp3) is 0.333. The zero-order valence-corrected chi connectivity index (χ0v) is 8.27. The summed E-state index contributed by atoms with van der Waals surface area (Å²) in [6, 6.07) is 1.64. The smallest absolute Gasteiger partial charge is 0.352 e. The number of carboxylic acid groups (broad SMARTS) is 1. The standard InChI is InChI=1S/C9H11N3O2/c1-5-8-6(12(3)10-5)4-7(9(13)14)11(8)2/h4H,1-3H3,(H,13,14). The molecule has 0 fully saturated rings. The van der Waals surface area contributed by atoms with Gasteiger partial charge < -0.3 is 9.67 Å². The predicted octanol–water partition coefficient (Wildman–Crippen LogP) is 0.918. The van der Waals surface area contributed by atoms with Crippen molar-refractivity contribution in [2.45, 2.75) is 6.92 Å². The second kappa shape index (κ2) is 2.60. The quantitative estimate of drug-likeness (QED) is 0.732. The van der Waals surface area contributed by atoms with E-state index in [1.165, 1.54) is 0 Å². The van der Waals surface area contributed by atoms with Gasteiger partial charge in [0.15, 0.2) is 0 Å². The van der Waals surface area contributed by atoms with Crippen LogP contribution < -0.4 is 0 Å². The van der Waals surface area contributed by atoms with E-state index in [2.05, 4.69) is 5.10 Å². The van der Waals surface area contributed by atoms with Gasteiger partial charge in [0.2, 0.25) is 0 Å². The molecule has 5 heteroatoms. The minimum atomic E-state index is -0.914. The number of nitrogens with zero attached hydrogens (tertiary/aromatic N) is 3. The highest BCUT2D eigenvalue weighted by Gasteiger charge is 2.16. The number of carbonyl (C=O) groups is 1. The Kier molecular flexibility index (Phi) is 1.64. The van der Waals surface area contributed by atoms with Gasteiger partial charge in [-0.2, -0.15) is 5.10 Å². The lowest BCUT2D eigenvalue weighted by atomic mass is 10.4. The number of rotatable bonds is 1. The number of aromatic carboxylic acids is 1. The molecule has 0 unspecified atom stereocenters. The Morgan fingerprint density at radius 3 is 2.64 bits per heavy atom. The normalized spacial score (nSPS) is 11.1. The molecule has 1 N–H and O–H groups in total. The van der Waals surface area contributed by atoms with E-state index in [-0.39, 0.29) is 5.69 Å². The van der Waals surface area contributed by atoms with Crippen LogP contribution in [-0.2, 0) is 14.1 Å². The molecule has 0 atom stereocenters. The average molecular weight is 193 g/mol. The minimum Gasteiger partial charge on any atom is -0.477 e. The van der Waals surface area contributed by atoms with Crippen molar-refractivity contribution in [3.8, 4) is 0 Å². The monoisotopic (exact) mass is 193 g/mol. The second-order valence-corrected chi connectivity index (χ2v) is 3.34. The molecular formula is C9H11N3O2. The van der Waals surface area contributed by atoms with Crippen molar-refractivity contribution in [2.24, 2.45) is 14.1 Å².